The van der Waals surface area contributed by atoms with E-state index < -0.39 is 0 Å². The van der Waals surface area contributed by atoms with Crippen LogP contribution in [0.15, 0.2) is 12.1 Å². The second-order valence-electron chi connectivity index (χ2n) is 6.59. The lowest BCUT2D eigenvalue weighted by atomic mass is 10.2. The fourth-order valence-electron chi connectivity index (χ4n) is 3.25. The van der Waals surface area contributed by atoms with Crippen molar-refractivity contribution >= 4 is 17.2 Å². The van der Waals surface area contributed by atoms with Crippen LogP contribution in [0.5, 0.6) is 0 Å². The molecule has 5 heteroatoms. The summed E-state index contributed by atoms with van der Waals surface area (Å²) in [4.78, 5) is 19.6. The van der Waals surface area contributed by atoms with Crippen molar-refractivity contribution in [1.29, 1.82) is 0 Å². The first kappa shape index (κ1) is 16.0. The number of amides is 1. The Morgan fingerprint density at radius 1 is 1.36 bits per heavy atom. The summed E-state index contributed by atoms with van der Waals surface area (Å²) in [6.45, 7) is 8.25. The van der Waals surface area contributed by atoms with E-state index in [1.165, 1.54) is 9.75 Å². The van der Waals surface area contributed by atoms with Crippen molar-refractivity contribution in [3.8, 4) is 0 Å². The lowest BCUT2D eigenvalue weighted by Crippen LogP contribution is -2.50. The average Bonchev–Trinajstić information content (AvgIpc) is 3.21. The summed E-state index contributed by atoms with van der Waals surface area (Å²) in [5, 5.41) is 9.73. The molecule has 0 bridgehead atoms. The quantitative estimate of drug-likeness (QED) is 0.902. The van der Waals surface area contributed by atoms with Crippen LogP contribution in [-0.2, 0) is 4.79 Å². The molecule has 1 aromatic rings. The van der Waals surface area contributed by atoms with Crippen LogP contribution in [-0.4, -0.2) is 59.6 Å². The number of nitrogens with zero attached hydrogens (tertiary/aromatic N) is 2. The van der Waals surface area contributed by atoms with Gasteiger partial charge in [-0.25, -0.2) is 0 Å². The highest BCUT2D eigenvalue weighted by Gasteiger charge is 2.46. The normalized spacial score (nSPS) is 27.0. The molecule has 0 spiro atoms. The van der Waals surface area contributed by atoms with Crippen LogP contribution in [0.3, 0.4) is 0 Å². The van der Waals surface area contributed by atoms with E-state index in [0.717, 1.165) is 45.6 Å². The molecule has 2 fully saturated rings. The van der Waals surface area contributed by atoms with Gasteiger partial charge >= 0.3 is 0 Å². The second-order valence-corrected chi connectivity index (χ2v) is 7.90. The van der Waals surface area contributed by atoms with E-state index in [4.69, 9.17) is 0 Å². The van der Waals surface area contributed by atoms with Crippen LogP contribution in [0.1, 0.15) is 35.4 Å². The highest BCUT2D eigenvalue weighted by atomic mass is 32.1. The number of carbonyl (C=O) groups is 1. The summed E-state index contributed by atoms with van der Waals surface area (Å²) >= 11 is 1.83. The summed E-state index contributed by atoms with van der Waals surface area (Å²) in [7, 11) is 0. The highest BCUT2D eigenvalue weighted by Crippen LogP contribution is 2.50. The number of rotatable bonds is 5. The molecule has 1 N–H and O–H groups in total. The first-order chi connectivity index (χ1) is 10.6. The Morgan fingerprint density at radius 2 is 2.09 bits per heavy atom. The topological polar surface area (TPSA) is 43.8 Å². The van der Waals surface area contributed by atoms with E-state index in [2.05, 4.69) is 24.0 Å². The molecule has 0 radical (unpaired) electrons. The number of thiophene rings is 1. The monoisotopic (exact) mass is 322 g/mol. The Bertz CT molecular complexity index is 522. The molecule has 1 amide bonds. The molecule has 4 nitrogen and oxygen atoms in total. The Labute approximate surface area is 136 Å². The summed E-state index contributed by atoms with van der Waals surface area (Å²) in [6, 6.07) is 4.33. The number of carbonyl (C=O) groups excluding carboxylic acids is 1. The van der Waals surface area contributed by atoms with Crippen LogP contribution in [0.25, 0.3) is 0 Å². The van der Waals surface area contributed by atoms with Crippen LogP contribution < -0.4 is 0 Å². The minimum absolute atomic E-state index is 0.214. The van der Waals surface area contributed by atoms with E-state index in [-0.39, 0.29) is 12.0 Å². The van der Waals surface area contributed by atoms with Crippen molar-refractivity contribution in [3.05, 3.63) is 21.9 Å². The van der Waals surface area contributed by atoms with Crippen LogP contribution in [0.2, 0.25) is 0 Å². The maximum Gasteiger partial charge on any atom is 0.226 e. The zero-order valence-corrected chi connectivity index (χ0v) is 14.3. The van der Waals surface area contributed by atoms with E-state index in [0.29, 0.717) is 11.8 Å². The summed E-state index contributed by atoms with van der Waals surface area (Å²) in [6.07, 6.45) is 1.58. The van der Waals surface area contributed by atoms with Crippen molar-refractivity contribution in [2.75, 3.05) is 32.7 Å². The van der Waals surface area contributed by atoms with Crippen molar-refractivity contribution < 1.29 is 9.90 Å². The van der Waals surface area contributed by atoms with Crippen LogP contribution in [0.4, 0.5) is 0 Å². The molecule has 1 aromatic heterocycles. The minimum atomic E-state index is -0.239. The van der Waals surface area contributed by atoms with Crippen molar-refractivity contribution in [1.82, 2.24) is 9.80 Å². The Hall–Kier alpha value is -0.910. The zero-order valence-electron chi connectivity index (χ0n) is 13.5. The second kappa shape index (κ2) is 6.69. The van der Waals surface area contributed by atoms with Gasteiger partial charge in [0.1, 0.15) is 0 Å². The fourth-order valence-corrected chi connectivity index (χ4v) is 4.30. The lowest BCUT2D eigenvalue weighted by Gasteiger charge is -2.35. The predicted octanol–water partition coefficient (Wildman–Crippen LogP) is 2.08. The van der Waals surface area contributed by atoms with Crippen LogP contribution in [0, 0.1) is 12.8 Å². The van der Waals surface area contributed by atoms with Gasteiger partial charge in [0.05, 0.1) is 6.10 Å². The Balaban J connectivity index is 1.47. The lowest BCUT2D eigenvalue weighted by molar-refractivity contribution is -0.134. The number of piperazine rings is 1. The number of aliphatic hydroxyl groups excluding tert-OH is 1. The van der Waals surface area contributed by atoms with Gasteiger partial charge in [-0.3, -0.25) is 9.69 Å². The van der Waals surface area contributed by atoms with E-state index >= 15 is 0 Å². The molecule has 2 aliphatic rings. The number of hydrogen-bond acceptors (Lipinski definition) is 4. The van der Waals surface area contributed by atoms with Gasteiger partial charge in [0.25, 0.3) is 0 Å². The molecule has 0 aromatic carbocycles. The minimum Gasteiger partial charge on any atom is -0.392 e. The molecule has 2 heterocycles. The average molecular weight is 322 g/mol. The van der Waals surface area contributed by atoms with Crippen molar-refractivity contribution in [3.63, 3.8) is 0 Å². The largest absolute Gasteiger partial charge is 0.392 e. The van der Waals surface area contributed by atoms with Gasteiger partial charge in [-0.05, 0) is 31.9 Å². The Morgan fingerprint density at radius 3 is 2.68 bits per heavy atom. The Kier molecular flexibility index (Phi) is 4.85. The van der Waals surface area contributed by atoms with Crippen LogP contribution >= 0.6 is 11.3 Å². The standard InChI is InChI=1S/C17H26N2O2S/c1-3-13(20)11-18-6-8-19(9-7-18)17(21)15-10-14(15)16-5-4-12(2)22-16/h4-5,13-15,20H,3,6-11H2,1-2H3/t13-,14-,15+/m0/s1. The van der Waals surface area contributed by atoms with Crippen molar-refractivity contribution in [2.24, 2.45) is 5.92 Å². The smallest absolute Gasteiger partial charge is 0.226 e. The molecule has 0 unspecified atom stereocenters. The molecular formula is C17H26N2O2S. The number of β-amino-alcohol motifs (C(OH)–C–C–N with tert-alkyl or cyclic N) is 1. The fraction of sp³-hybridized carbons (Fsp3) is 0.706. The van der Waals surface area contributed by atoms with Gasteiger partial charge in [0, 0.05) is 54.3 Å². The first-order valence-electron chi connectivity index (χ1n) is 8.34. The molecule has 1 aliphatic heterocycles. The maximum absolute atomic E-state index is 12.6. The SMILES string of the molecule is CC[C@H](O)CN1CCN(C(=O)[C@@H]2C[C@@H]2c2ccc(C)s2)CC1. The first-order valence-corrected chi connectivity index (χ1v) is 9.15. The van der Waals surface area contributed by atoms with E-state index in [1.807, 2.05) is 23.2 Å². The van der Waals surface area contributed by atoms with Crippen molar-refractivity contribution in [2.45, 2.75) is 38.7 Å². The molecule has 3 rings (SSSR count). The van der Waals surface area contributed by atoms with Gasteiger partial charge in [0.15, 0.2) is 0 Å². The molecule has 1 saturated heterocycles. The summed E-state index contributed by atoms with van der Waals surface area (Å²) < 4.78 is 0. The number of aliphatic hydroxyl groups is 1. The third-order valence-electron chi connectivity index (χ3n) is 4.86. The molecule has 1 aliphatic carbocycles. The molecule has 3 atom stereocenters. The predicted molar refractivity (Wildman–Crippen MR) is 89.2 cm³/mol. The third kappa shape index (κ3) is 3.53. The zero-order chi connectivity index (χ0) is 15.7. The van der Waals surface area contributed by atoms with E-state index in [9.17, 15) is 9.90 Å². The summed E-state index contributed by atoms with van der Waals surface area (Å²) in [5.41, 5.74) is 0. The molecule has 122 valence electrons. The number of hydrogen-bond donors (Lipinski definition) is 1. The van der Waals surface area contributed by atoms with Gasteiger partial charge in [0.2, 0.25) is 5.91 Å². The number of aryl methyl sites for hydroxylation is 1. The third-order valence-corrected chi connectivity index (χ3v) is 5.99. The highest BCUT2D eigenvalue weighted by molar-refractivity contribution is 7.12. The van der Waals surface area contributed by atoms with Gasteiger partial charge in [-0.1, -0.05) is 6.92 Å². The summed E-state index contributed by atoms with van der Waals surface area (Å²) in [5.74, 6) is 1.02. The van der Waals surface area contributed by atoms with Gasteiger partial charge < -0.3 is 10.0 Å². The van der Waals surface area contributed by atoms with E-state index in [1.54, 1.807) is 0 Å². The maximum atomic E-state index is 12.6. The molecule has 22 heavy (non-hydrogen) atoms. The van der Waals surface area contributed by atoms with Gasteiger partial charge in [-0.2, -0.15) is 0 Å². The van der Waals surface area contributed by atoms with Gasteiger partial charge in [-0.15, -0.1) is 11.3 Å². The molecule has 1 saturated carbocycles. The molecular weight excluding hydrogens is 296 g/mol.